The number of aromatic nitrogens is 5. The molecule has 0 fully saturated rings. The van der Waals surface area contributed by atoms with Gasteiger partial charge in [-0.05, 0) is 49.5 Å². The van der Waals surface area contributed by atoms with Gasteiger partial charge in [0.1, 0.15) is 6.04 Å². The quantitative estimate of drug-likeness (QED) is 0.379. The van der Waals surface area contributed by atoms with Crippen molar-refractivity contribution in [3.8, 4) is 22.0 Å². The average molecular weight is 453 g/mol. The summed E-state index contributed by atoms with van der Waals surface area (Å²) in [5, 5.41) is 16.6. The predicted octanol–water partition coefficient (Wildman–Crippen LogP) is 4.71. The number of likely N-dealkylation sites (N-methyl/N-ethyl adjacent to an activating group) is 1. The van der Waals surface area contributed by atoms with E-state index in [1.54, 1.807) is 20.8 Å². The molecule has 1 aromatic carbocycles. The van der Waals surface area contributed by atoms with Crippen LogP contribution < -0.4 is 0 Å². The van der Waals surface area contributed by atoms with Gasteiger partial charge in [-0.15, -0.1) is 11.3 Å². The van der Waals surface area contributed by atoms with Crippen LogP contribution in [0.25, 0.3) is 22.0 Å². The monoisotopic (exact) mass is 452 g/mol. The van der Waals surface area contributed by atoms with E-state index in [-0.39, 0.29) is 5.91 Å². The highest BCUT2D eigenvalue weighted by atomic mass is 32.1. The molecule has 4 aromatic rings. The maximum Gasteiger partial charge on any atom is 0.245 e. The van der Waals surface area contributed by atoms with Gasteiger partial charge in [0, 0.05) is 24.8 Å². The van der Waals surface area contributed by atoms with Crippen molar-refractivity contribution in [2.24, 2.45) is 0 Å². The standard InChI is InChI=1S/C22H24N6OS2/c1-15(28-20(25-26-22(28)30)19-11-7-13-31-19)21(29)27(2)12-6-10-17-14-18(24-23-17)16-8-4-3-5-9-16/h3-5,7-9,11,13-15H,6,10,12H2,1-2H3,(H,23,24)(H,26,30). The Morgan fingerprint density at radius 1 is 1.19 bits per heavy atom. The number of carbonyl (C=O) groups excluding carboxylic acids is 1. The Hall–Kier alpha value is -3.04. The minimum absolute atomic E-state index is 0.00453. The summed E-state index contributed by atoms with van der Waals surface area (Å²) < 4.78 is 2.24. The van der Waals surface area contributed by atoms with Crippen LogP contribution in [0.5, 0.6) is 0 Å². The molecule has 0 saturated carbocycles. The molecule has 1 unspecified atom stereocenters. The number of carbonyl (C=O) groups is 1. The highest BCUT2D eigenvalue weighted by Crippen LogP contribution is 2.26. The Kier molecular flexibility index (Phi) is 6.43. The summed E-state index contributed by atoms with van der Waals surface area (Å²) >= 11 is 6.96. The van der Waals surface area contributed by atoms with Crippen molar-refractivity contribution < 1.29 is 4.79 Å². The molecule has 2 N–H and O–H groups in total. The number of rotatable bonds is 8. The molecule has 0 aliphatic heterocycles. The third-order valence-corrected chi connectivity index (χ3v) is 6.36. The van der Waals surface area contributed by atoms with E-state index in [4.69, 9.17) is 12.2 Å². The van der Waals surface area contributed by atoms with Gasteiger partial charge in [0.15, 0.2) is 10.6 Å². The van der Waals surface area contributed by atoms with Crippen LogP contribution in [0.4, 0.5) is 0 Å². The number of H-pyrrole nitrogens is 2. The normalized spacial score (nSPS) is 12.1. The Labute approximate surface area is 189 Å². The molecule has 1 atom stereocenters. The Morgan fingerprint density at radius 3 is 2.74 bits per heavy atom. The lowest BCUT2D eigenvalue weighted by Crippen LogP contribution is -2.34. The fourth-order valence-corrected chi connectivity index (χ4v) is 4.54. The minimum atomic E-state index is -0.440. The first-order chi connectivity index (χ1) is 15.0. The number of benzene rings is 1. The number of amides is 1. The van der Waals surface area contributed by atoms with Gasteiger partial charge in [0.2, 0.25) is 5.91 Å². The van der Waals surface area contributed by atoms with Crippen LogP contribution >= 0.6 is 23.6 Å². The topological polar surface area (TPSA) is 82.6 Å². The van der Waals surface area contributed by atoms with Gasteiger partial charge in [0.25, 0.3) is 0 Å². The molecule has 1 amide bonds. The van der Waals surface area contributed by atoms with Gasteiger partial charge in [-0.25, -0.2) is 0 Å². The van der Waals surface area contributed by atoms with Crippen LogP contribution in [0.2, 0.25) is 0 Å². The van der Waals surface area contributed by atoms with E-state index in [1.165, 1.54) is 0 Å². The maximum atomic E-state index is 13.0. The molecule has 0 saturated heterocycles. The Bertz CT molecular complexity index is 1190. The molecule has 9 heteroatoms. The second-order valence-electron chi connectivity index (χ2n) is 7.38. The molecule has 3 aromatic heterocycles. The van der Waals surface area contributed by atoms with Crippen LogP contribution in [0.3, 0.4) is 0 Å². The highest BCUT2D eigenvalue weighted by Gasteiger charge is 2.23. The second kappa shape index (κ2) is 9.40. The number of nitrogens with zero attached hydrogens (tertiary/aromatic N) is 4. The fraction of sp³-hybridized carbons (Fsp3) is 0.273. The zero-order valence-electron chi connectivity index (χ0n) is 17.4. The highest BCUT2D eigenvalue weighted by molar-refractivity contribution is 7.71. The zero-order valence-corrected chi connectivity index (χ0v) is 19.0. The SMILES string of the molecule is CC(C(=O)N(C)CCCc1cc(-c2ccccc2)n[nH]1)n1c(-c2cccs2)n[nH]c1=S. The largest absolute Gasteiger partial charge is 0.344 e. The molecular weight excluding hydrogens is 428 g/mol. The first kappa shape index (κ1) is 21.2. The van der Waals surface area contributed by atoms with Crippen molar-refractivity contribution in [1.82, 2.24) is 29.9 Å². The van der Waals surface area contributed by atoms with Gasteiger partial charge in [-0.1, -0.05) is 36.4 Å². The summed E-state index contributed by atoms with van der Waals surface area (Å²) in [7, 11) is 1.83. The van der Waals surface area contributed by atoms with E-state index >= 15 is 0 Å². The number of aryl methyl sites for hydroxylation is 1. The van der Waals surface area contributed by atoms with Gasteiger partial charge < -0.3 is 4.90 Å². The number of nitrogens with one attached hydrogen (secondary N) is 2. The summed E-state index contributed by atoms with van der Waals surface area (Å²) in [6.45, 7) is 2.50. The summed E-state index contributed by atoms with van der Waals surface area (Å²) in [4.78, 5) is 15.8. The molecular formula is C22H24N6OS2. The van der Waals surface area contributed by atoms with Crippen LogP contribution in [0.1, 0.15) is 25.1 Å². The summed E-state index contributed by atoms with van der Waals surface area (Å²) in [5.74, 6) is 0.699. The van der Waals surface area contributed by atoms with Crippen LogP contribution in [0.15, 0.2) is 53.9 Å². The first-order valence-electron chi connectivity index (χ1n) is 10.1. The fourth-order valence-electron chi connectivity index (χ4n) is 3.54. The van der Waals surface area contributed by atoms with E-state index in [0.29, 0.717) is 17.1 Å². The van der Waals surface area contributed by atoms with E-state index in [0.717, 1.165) is 34.7 Å². The smallest absolute Gasteiger partial charge is 0.245 e. The van der Waals surface area contributed by atoms with Gasteiger partial charge >= 0.3 is 0 Å². The van der Waals surface area contributed by atoms with Crippen LogP contribution in [0, 0.1) is 4.77 Å². The molecule has 0 aliphatic carbocycles. The van der Waals surface area contributed by atoms with E-state index in [1.807, 2.05) is 61.8 Å². The van der Waals surface area contributed by atoms with Gasteiger partial charge in [-0.3, -0.25) is 19.6 Å². The van der Waals surface area contributed by atoms with Crippen molar-refractivity contribution >= 4 is 29.5 Å². The molecule has 4 rings (SSSR count). The molecule has 0 radical (unpaired) electrons. The van der Waals surface area contributed by atoms with Gasteiger partial charge in [-0.2, -0.15) is 10.2 Å². The number of hydrogen-bond acceptors (Lipinski definition) is 5. The number of thiophene rings is 1. The molecule has 3 heterocycles. The van der Waals surface area contributed by atoms with Crippen molar-refractivity contribution in [2.75, 3.05) is 13.6 Å². The Morgan fingerprint density at radius 2 is 2.00 bits per heavy atom. The lowest BCUT2D eigenvalue weighted by atomic mass is 10.1. The summed E-state index contributed by atoms with van der Waals surface area (Å²) in [6, 6.07) is 15.6. The summed E-state index contributed by atoms with van der Waals surface area (Å²) in [5.41, 5.74) is 3.08. The number of aromatic amines is 2. The Balaban J connectivity index is 1.36. The summed E-state index contributed by atoms with van der Waals surface area (Å²) in [6.07, 6.45) is 1.65. The average Bonchev–Trinajstić information content (AvgIpc) is 3.54. The maximum absolute atomic E-state index is 13.0. The molecule has 0 bridgehead atoms. The van der Waals surface area contributed by atoms with Crippen molar-refractivity contribution in [2.45, 2.75) is 25.8 Å². The van der Waals surface area contributed by atoms with Crippen molar-refractivity contribution in [3.63, 3.8) is 0 Å². The van der Waals surface area contributed by atoms with E-state index in [2.05, 4.69) is 26.5 Å². The molecule has 7 nitrogen and oxygen atoms in total. The zero-order chi connectivity index (χ0) is 21.8. The molecule has 160 valence electrons. The molecule has 0 spiro atoms. The van der Waals surface area contributed by atoms with Crippen molar-refractivity contribution in [1.29, 1.82) is 0 Å². The number of hydrogen-bond donors (Lipinski definition) is 2. The molecule has 31 heavy (non-hydrogen) atoms. The first-order valence-corrected chi connectivity index (χ1v) is 11.4. The van der Waals surface area contributed by atoms with Crippen molar-refractivity contribution in [3.05, 3.63) is 64.4 Å². The third-order valence-electron chi connectivity index (χ3n) is 5.21. The lowest BCUT2D eigenvalue weighted by molar-refractivity contribution is -0.133. The third kappa shape index (κ3) is 4.67. The lowest BCUT2D eigenvalue weighted by Gasteiger charge is -2.22. The van der Waals surface area contributed by atoms with Crippen LogP contribution in [-0.2, 0) is 11.2 Å². The van der Waals surface area contributed by atoms with E-state index < -0.39 is 6.04 Å². The van der Waals surface area contributed by atoms with E-state index in [9.17, 15) is 4.79 Å². The second-order valence-corrected chi connectivity index (χ2v) is 8.72. The molecule has 0 aliphatic rings. The van der Waals surface area contributed by atoms with Gasteiger partial charge in [0.05, 0.1) is 10.6 Å². The van der Waals surface area contributed by atoms with Crippen LogP contribution in [-0.4, -0.2) is 49.4 Å². The minimum Gasteiger partial charge on any atom is -0.344 e. The predicted molar refractivity (Wildman–Crippen MR) is 125 cm³/mol.